The second-order valence-corrected chi connectivity index (χ2v) is 8.24. The lowest BCUT2D eigenvalue weighted by Crippen LogP contribution is -3.15. The Morgan fingerprint density at radius 1 is 1.00 bits per heavy atom. The first-order chi connectivity index (χ1) is 12.5. The molecule has 0 atom stereocenters. The molecule has 0 saturated carbocycles. The van der Waals surface area contributed by atoms with Crippen LogP contribution in [0.5, 0.6) is 0 Å². The molecule has 1 heterocycles. The summed E-state index contributed by atoms with van der Waals surface area (Å²) >= 11 is 0. The Bertz CT molecular complexity index is 789. The number of piperazine rings is 1. The third-order valence-corrected chi connectivity index (χ3v) is 5.88. The predicted octanol–water partition coefficient (Wildman–Crippen LogP) is 1.43. The van der Waals surface area contributed by atoms with E-state index < -0.39 is 10.0 Å². The van der Waals surface area contributed by atoms with Gasteiger partial charge in [-0.15, -0.1) is 0 Å². The van der Waals surface area contributed by atoms with E-state index in [0.29, 0.717) is 13.1 Å². The first kappa shape index (κ1) is 18.8. The predicted molar refractivity (Wildman–Crippen MR) is 101 cm³/mol. The third kappa shape index (κ3) is 5.52. The van der Waals surface area contributed by atoms with E-state index in [1.807, 2.05) is 18.2 Å². The quantitative estimate of drug-likeness (QED) is 0.794. The molecule has 5 nitrogen and oxygen atoms in total. The minimum Gasteiger partial charge on any atom is -0.544 e. The van der Waals surface area contributed by atoms with Gasteiger partial charge in [-0.1, -0.05) is 36.9 Å². The normalized spacial score (nSPS) is 16.0. The molecule has 0 unspecified atom stereocenters. The summed E-state index contributed by atoms with van der Waals surface area (Å²) in [4.78, 5) is 3.58. The molecule has 1 N–H and O–H groups in total. The van der Waals surface area contributed by atoms with E-state index in [-0.39, 0.29) is 11.6 Å². The highest BCUT2D eigenvalue weighted by Crippen LogP contribution is 2.14. The summed E-state index contributed by atoms with van der Waals surface area (Å²) in [5.41, 5.74) is 1.79. The molecule has 1 saturated heterocycles. The topological polar surface area (TPSA) is 55.9 Å². The lowest BCUT2D eigenvalue weighted by atomic mass is 10.2. The van der Waals surface area contributed by atoms with Crippen LogP contribution in [0.3, 0.4) is 0 Å². The van der Waals surface area contributed by atoms with Crippen LogP contribution < -0.4 is 9.80 Å². The Hall–Kier alpha value is -1.96. The molecule has 0 spiro atoms. The number of nitrogens with zero attached hydrogens (tertiary/aromatic N) is 2. The van der Waals surface area contributed by atoms with Crippen molar-refractivity contribution in [1.29, 1.82) is 0 Å². The summed E-state index contributed by atoms with van der Waals surface area (Å²) in [6.07, 6.45) is 0. The van der Waals surface area contributed by atoms with E-state index in [1.54, 1.807) is 24.3 Å². The molecule has 0 bridgehead atoms. The number of anilines is 1. The minimum atomic E-state index is -3.43. The zero-order chi connectivity index (χ0) is 18.4. The van der Waals surface area contributed by atoms with Crippen molar-refractivity contribution in [3.05, 3.63) is 70.7 Å². The van der Waals surface area contributed by atoms with Crippen molar-refractivity contribution in [2.24, 2.45) is 0 Å². The third-order valence-electron chi connectivity index (χ3n) is 4.61. The number of quaternary nitrogens is 1. The summed E-state index contributed by atoms with van der Waals surface area (Å²) in [5, 5.41) is 0. The van der Waals surface area contributed by atoms with Gasteiger partial charge in [0.05, 0.1) is 48.5 Å². The molecule has 2 aromatic carbocycles. The average molecular weight is 377 g/mol. The monoisotopic (exact) mass is 377 g/mol. The van der Waals surface area contributed by atoms with Crippen LogP contribution in [0.4, 0.5) is 10.1 Å². The van der Waals surface area contributed by atoms with E-state index in [2.05, 4.69) is 9.62 Å². The molecule has 1 aliphatic rings. The maximum Gasteiger partial charge on any atom is 0.123 e. The summed E-state index contributed by atoms with van der Waals surface area (Å²) in [7, 11) is -3.43. The minimum absolute atomic E-state index is 0.0402. The molecular weight excluding hydrogens is 353 g/mol. The SMILES string of the molecule is O=S(=O)(Cc1ccccc1)[N-]CC[NH+]1CCN(c2ccc(F)cc2)CC1. The van der Waals surface area contributed by atoms with Crippen molar-refractivity contribution in [3.8, 4) is 0 Å². The standard InChI is InChI=1S/C19H23FN3O2S/c20-18-6-8-19(9-7-18)23-14-12-22(13-15-23)11-10-21-26(24,25)16-17-4-2-1-3-5-17/h1-9H,10-16H2/q-1/p+1. The second-order valence-electron chi connectivity index (χ2n) is 6.53. The van der Waals surface area contributed by atoms with Gasteiger partial charge in [-0.3, -0.25) is 0 Å². The number of halogens is 1. The van der Waals surface area contributed by atoms with E-state index in [1.165, 1.54) is 17.0 Å². The number of benzene rings is 2. The Kier molecular flexibility index (Phi) is 6.24. The Balaban J connectivity index is 1.40. The molecule has 1 aliphatic heterocycles. The van der Waals surface area contributed by atoms with E-state index in [0.717, 1.165) is 37.4 Å². The van der Waals surface area contributed by atoms with Gasteiger partial charge in [0.25, 0.3) is 0 Å². The summed E-state index contributed by atoms with van der Waals surface area (Å²) in [5.74, 6) is -0.266. The summed E-state index contributed by atoms with van der Waals surface area (Å²) in [6.45, 7) is 4.62. The van der Waals surface area contributed by atoms with Crippen LogP contribution >= 0.6 is 0 Å². The van der Waals surface area contributed by atoms with Gasteiger partial charge in [0.1, 0.15) is 5.82 Å². The molecule has 140 valence electrons. The molecule has 0 aromatic heterocycles. The number of rotatable bonds is 7. The van der Waals surface area contributed by atoms with Crippen molar-refractivity contribution in [3.63, 3.8) is 0 Å². The molecule has 0 amide bonds. The lowest BCUT2D eigenvalue weighted by Gasteiger charge is -2.35. The van der Waals surface area contributed by atoms with Gasteiger partial charge in [-0.25, -0.2) is 12.8 Å². The van der Waals surface area contributed by atoms with Crippen LogP contribution in [0.2, 0.25) is 0 Å². The number of hydrogen-bond acceptors (Lipinski definition) is 3. The average Bonchev–Trinajstić information content (AvgIpc) is 2.63. The molecule has 2 aromatic rings. The van der Waals surface area contributed by atoms with Crippen molar-refractivity contribution in [2.75, 3.05) is 44.2 Å². The van der Waals surface area contributed by atoms with Gasteiger partial charge in [-0.05, 0) is 29.8 Å². The smallest absolute Gasteiger partial charge is 0.123 e. The van der Waals surface area contributed by atoms with Crippen molar-refractivity contribution in [2.45, 2.75) is 5.75 Å². The van der Waals surface area contributed by atoms with E-state index >= 15 is 0 Å². The summed E-state index contributed by atoms with van der Waals surface area (Å²) < 4.78 is 41.1. The second kappa shape index (κ2) is 8.62. The van der Waals surface area contributed by atoms with Gasteiger partial charge in [-0.2, -0.15) is 0 Å². The van der Waals surface area contributed by atoms with Crippen molar-refractivity contribution in [1.82, 2.24) is 0 Å². The number of hydrogen-bond donors (Lipinski definition) is 1. The van der Waals surface area contributed by atoms with E-state index in [4.69, 9.17) is 0 Å². The highest BCUT2D eigenvalue weighted by molar-refractivity contribution is 7.93. The molecule has 1 fully saturated rings. The number of nitrogens with one attached hydrogen (secondary N) is 1. The fourth-order valence-corrected chi connectivity index (χ4v) is 4.23. The fraction of sp³-hybridized carbons (Fsp3) is 0.368. The lowest BCUT2D eigenvalue weighted by molar-refractivity contribution is -0.898. The fourth-order valence-electron chi connectivity index (χ4n) is 3.16. The van der Waals surface area contributed by atoms with Crippen LogP contribution in [0.1, 0.15) is 5.56 Å². The van der Waals surface area contributed by atoms with Crippen LogP contribution in [-0.2, 0) is 15.8 Å². The van der Waals surface area contributed by atoms with Crippen LogP contribution in [0.25, 0.3) is 4.72 Å². The van der Waals surface area contributed by atoms with Crippen LogP contribution in [-0.4, -0.2) is 47.7 Å². The molecule has 7 heteroatoms. The van der Waals surface area contributed by atoms with Gasteiger partial charge >= 0.3 is 0 Å². The van der Waals surface area contributed by atoms with Crippen LogP contribution in [0.15, 0.2) is 54.6 Å². The first-order valence-electron chi connectivity index (χ1n) is 8.81. The first-order valence-corrected chi connectivity index (χ1v) is 10.4. The van der Waals surface area contributed by atoms with Gasteiger partial charge < -0.3 is 14.5 Å². The molecule has 0 aliphatic carbocycles. The zero-order valence-corrected chi connectivity index (χ0v) is 15.5. The molecule has 26 heavy (non-hydrogen) atoms. The van der Waals surface area contributed by atoms with Crippen molar-refractivity contribution < 1.29 is 17.7 Å². The van der Waals surface area contributed by atoms with Crippen LogP contribution in [0, 0.1) is 5.82 Å². The highest BCUT2D eigenvalue weighted by Gasteiger charge is 2.19. The van der Waals surface area contributed by atoms with Crippen molar-refractivity contribution >= 4 is 15.7 Å². The maximum absolute atomic E-state index is 13.0. The highest BCUT2D eigenvalue weighted by atomic mass is 32.2. The molecule has 3 rings (SSSR count). The zero-order valence-electron chi connectivity index (χ0n) is 14.6. The van der Waals surface area contributed by atoms with Gasteiger partial charge in [0.15, 0.2) is 0 Å². The number of sulfonamides is 1. The Morgan fingerprint density at radius 3 is 2.31 bits per heavy atom. The maximum atomic E-state index is 13.0. The molecule has 0 radical (unpaired) electrons. The Labute approximate surface area is 154 Å². The molecular formula is C19H24FN3O2S. The van der Waals surface area contributed by atoms with Gasteiger partial charge in [0, 0.05) is 5.69 Å². The summed E-state index contributed by atoms with van der Waals surface area (Å²) in [6, 6.07) is 15.7. The van der Waals surface area contributed by atoms with Gasteiger partial charge in [0.2, 0.25) is 0 Å². The Morgan fingerprint density at radius 2 is 1.65 bits per heavy atom. The van der Waals surface area contributed by atoms with E-state index in [9.17, 15) is 12.8 Å². The largest absolute Gasteiger partial charge is 0.544 e.